The van der Waals surface area contributed by atoms with Crippen molar-refractivity contribution in [3.05, 3.63) is 117 Å². The zero-order valence-electron chi connectivity index (χ0n) is 17.2. The van der Waals surface area contributed by atoms with Gasteiger partial charge in [-0.15, -0.1) is 0 Å². The monoisotopic (exact) mass is 406 g/mol. The zero-order chi connectivity index (χ0) is 21.2. The minimum absolute atomic E-state index is 0.0460. The van der Waals surface area contributed by atoms with Gasteiger partial charge in [0.1, 0.15) is 5.65 Å². The molecule has 152 valence electrons. The average Bonchev–Trinajstić information content (AvgIpc) is 2.82. The summed E-state index contributed by atoms with van der Waals surface area (Å²) >= 11 is 0. The second-order valence-corrected chi connectivity index (χ2v) is 7.95. The number of hydrogen-bond donors (Lipinski definition) is 0. The molecule has 2 aromatic carbocycles. The molecule has 0 atom stereocenters. The van der Waals surface area contributed by atoms with Gasteiger partial charge in [-0.2, -0.15) is 0 Å². The van der Waals surface area contributed by atoms with Crippen molar-refractivity contribution in [1.29, 1.82) is 0 Å². The van der Waals surface area contributed by atoms with Crippen molar-refractivity contribution >= 4 is 16.7 Å². The van der Waals surface area contributed by atoms with Crippen LogP contribution < -0.4 is 5.56 Å². The largest absolute Gasteiger partial charge is 0.294 e. The summed E-state index contributed by atoms with van der Waals surface area (Å²) in [7, 11) is 0. The van der Waals surface area contributed by atoms with Crippen molar-refractivity contribution in [1.82, 2.24) is 14.5 Å². The summed E-state index contributed by atoms with van der Waals surface area (Å²) in [6.07, 6.45) is 2.58. The minimum atomic E-state index is 0.0460. The summed E-state index contributed by atoms with van der Waals surface area (Å²) in [6, 6.07) is 21.8. The van der Waals surface area contributed by atoms with E-state index < -0.39 is 0 Å². The molecule has 5 nitrogen and oxygen atoms in total. The Bertz CT molecular complexity index is 1350. The highest BCUT2D eigenvalue weighted by Gasteiger charge is 2.24. The Kier molecular flexibility index (Phi) is 5.07. The Morgan fingerprint density at radius 1 is 0.935 bits per heavy atom. The van der Waals surface area contributed by atoms with Crippen molar-refractivity contribution in [3.8, 4) is 0 Å². The smallest absolute Gasteiger partial charge is 0.257 e. The van der Waals surface area contributed by atoms with Crippen molar-refractivity contribution in [2.75, 3.05) is 6.54 Å². The Labute approximate surface area is 181 Å². The minimum Gasteiger partial charge on any atom is -0.294 e. The van der Waals surface area contributed by atoms with Gasteiger partial charge in [0.15, 0.2) is 5.69 Å². The third-order valence-corrected chi connectivity index (χ3v) is 5.92. The van der Waals surface area contributed by atoms with Crippen LogP contribution in [0.3, 0.4) is 0 Å². The van der Waals surface area contributed by atoms with E-state index in [1.54, 1.807) is 6.20 Å². The number of rotatable bonds is 4. The van der Waals surface area contributed by atoms with Crippen molar-refractivity contribution in [2.45, 2.75) is 26.1 Å². The predicted molar refractivity (Wildman–Crippen MR) is 122 cm³/mol. The molecule has 0 saturated heterocycles. The van der Waals surface area contributed by atoms with Crippen molar-refractivity contribution in [3.63, 3.8) is 0 Å². The van der Waals surface area contributed by atoms with Gasteiger partial charge >= 0.3 is 0 Å². The number of aromatic nitrogens is 2. The second-order valence-electron chi connectivity index (χ2n) is 7.95. The van der Waals surface area contributed by atoms with Crippen molar-refractivity contribution in [2.24, 2.45) is 0 Å². The second kappa shape index (κ2) is 8.17. The van der Waals surface area contributed by atoms with Crippen LogP contribution in [0.25, 0.3) is 15.9 Å². The van der Waals surface area contributed by atoms with Crippen LogP contribution in [0, 0.1) is 6.57 Å². The summed E-state index contributed by atoms with van der Waals surface area (Å²) in [5, 5.41) is 1.07. The fourth-order valence-corrected chi connectivity index (χ4v) is 4.45. The topological polar surface area (TPSA) is 42.5 Å². The van der Waals surface area contributed by atoms with Gasteiger partial charge in [-0.25, -0.2) is 9.83 Å². The molecule has 0 amide bonds. The summed E-state index contributed by atoms with van der Waals surface area (Å²) in [6.45, 7) is 9.96. The van der Waals surface area contributed by atoms with Crippen LogP contribution in [0.15, 0.2) is 77.7 Å². The molecule has 0 N–H and O–H groups in total. The number of nitrogens with zero attached hydrogens (tertiary/aromatic N) is 4. The van der Waals surface area contributed by atoms with E-state index in [1.165, 1.54) is 0 Å². The first kappa shape index (κ1) is 19.2. The first-order chi connectivity index (χ1) is 15.2. The molecule has 3 heterocycles. The Morgan fingerprint density at radius 2 is 1.77 bits per heavy atom. The van der Waals surface area contributed by atoms with Gasteiger partial charge in [-0.1, -0.05) is 54.6 Å². The van der Waals surface area contributed by atoms with Crippen LogP contribution in [0.4, 0.5) is 5.69 Å². The fourth-order valence-electron chi connectivity index (χ4n) is 4.45. The molecule has 1 aliphatic rings. The number of hydrogen-bond acceptors (Lipinski definition) is 3. The molecule has 0 unspecified atom stereocenters. The maximum absolute atomic E-state index is 13.6. The molecule has 31 heavy (non-hydrogen) atoms. The molecule has 5 rings (SSSR count). The van der Waals surface area contributed by atoms with Crippen LogP contribution in [0.5, 0.6) is 0 Å². The molecule has 0 aliphatic carbocycles. The summed E-state index contributed by atoms with van der Waals surface area (Å²) in [5.74, 6) is 0. The van der Waals surface area contributed by atoms with Crippen LogP contribution in [-0.4, -0.2) is 21.0 Å². The van der Waals surface area contributed by atoms with Gasteiger partial charge < -0.3 is 0 Å². The normalized spacial score (nSPS) is 13.6. The van der Waals surface area contributed by atoms with Gasteiger partial charge in [0, 0.05) is 36.8 Å². The maximum Gasteiger partial charge on any atom is 0.257 e. The van der Waals surface area contributed by atoms with E-state index >= 15 is 0 Å². The van der Waals surface area contributed by atoms with E-state index in [4.69, 9.17) is 6.57 Å². The summed E-state index contributed by atoms with van der Waals surface area (Å²) in [5.41, 5.74) is 5.63. The first-order valence-electron chi connectivity index (χ1n) is 10.4. The SMILES string of the molecule is [C-]#[N+]c1cccc(CN2CCc3c(c(=O)n(Cc4ccccc4)c4ncccc34)C2)c1. The number of benzene rings is 2. The highest BCUT2D eigenvalue weighted by atomic mass is 16.1. The van der Waals surface area contributed by atoms with E-state index in [9.17, 15) is 4.79 Å². The molecule has 2 aromatic heterocycles. The molecular formula is C26H22N4O. The predicted octanol–water partition coefficient (Wildman–Crippen LogP) is 4.55. The summed E-state index contributed by atoms with van der Waals surface area (Å²) in [4.78, 5) is 24.0. The van der Waals surface area contributed by atoms with E-state index in [-0.39, 0.29) is 5.56 Å². The van der Waals surface area contributed by atoms with Gasteiger partial charge in [0.2, 0.25) is 0 Å². The lowest BCUT2D eigenvalue weighted by molar-refractivity contribution is 0.244. The summed E-state index contributed by atoms with van der Waals surface area (Å²) < 4.78 is 1.81. The Hall–Kier alpha value is -3.75. The van der Waals surface area contributed by atoms with Gasteiger partial charge in [-0.05, 0) is 35.2 Å². The number of pyridine rings is 2. The molecular weight excluding hydrogens is 384 g/mol. The first-order valence-corrected chi connectivity index (χ1v) is 10.4. The van der Waals surface area contributed by atoms with Gasteiger partial charge in [0.05, 0.1) is 13.1 Å². The fraction of sp³-hybridized carbons (Fsp3) is 0.192. The molecule has 1 aliphatic heterocycles. The lowest BCUT2D eigenvalue weighted by Gasteiger charge is -2.30. The van der Waals surface area contributed by atoms with Crippen molar-refractivity contribution < 1.29 is 0 Å². The van der Waals surface area contributed by atoms with E-state index in [0.717, 1.165) is 52.8 Å². The highest BCUT2D eigenvalue weighted by molar-refractivity contribution is 5.80. The quantitative estimate of drug-likeness (QED) is 0.467. The maximum atomic E-state index is 13.6. The molecule has 5 heteroatoms. The van der Waals surface area contributed by atoms with Gasteiger partial charge in [-0.3, -0.25) is 14.3 Å². The Balaban J connectivity index is 1.54. The highest BCUT2D eigenvalue weighted by Crippen LogP contribution is 2.26. The third-order valence-electron chi connectivity index (χ3n) is 5.92. The lowest BCUT2D eigenvalue weighted by atomic mass is 9.97. The average molecular weight is 406 g/mol. The van der Waals surface area contributed by atoms with Crippen LogP contribution in [-0.2, 0) is 26.1 Å². The molecule has 0 fully saturated rings. The molecule has 0 saturated carbocycles. The molecule has 0 spiro atoms. The van der Waals surface area contributed by atoms with E-state index in [1.807, 2.05) is 65.2 Å². The van der Waals surface area contributed by atoms with Crippen LogP contribution in [0.2, 0.25) is 0 Å². The molecule has 0 bridgehead atoms. The Morgan fingerprint density at radius 3 is 2.61 bits per heavy atom. The van der Waals surface area contributed by atoms with Crippen LogP contribution in [0.1, 0.15) is 22.3 Å². The lowest BCUT2D eigenvalue weighted by Crippen LogP contribution is -2.37. The third kappa shape index (κ3) is 3.74. The molecule has 4 aromatic rings. The van der Waals surface area contributed by atoms with E-state index in [0.29, 0.717) is 18.8 Å². The van der Waals surface area contributed by atoms with E-state index in [2.05, 4.69) is 20.8 Å². The molecule has 0 radical (unpaired) electrons. The van der Waals surface area contributed by atoms with Gasteiger partial charge in [0.25, 0.3) is 5.56 Å². The number of fused-ring (bicyclic) bond motifs is 3. The van der Waals surface area contributed by atoms with Crippen LogP contribution >= 0.6 is 0 Å². The zero-order valence-corrected chi connectivity index (χ0v) is 17.2. The standard InChI is InChI=1S/C26H22N4O/c1-27-21-10-5-9-20(15-21)16-29-14-12-22-23-11-6-13-28-25(23)30(26(31)24(22)18-29)17-19-7-3-2-4-8-19/h2-11,13,15H,12,14,16-18H2.